The first-order valence-corrected chi connectivity index (χ1v) is 10.5. The van der Waals surface area contributed by atoms with Gasteiger partial charge in [-0.05, 0) is 40.9 Å². The van der Waals surface area contributed by atoms with E-state index in [9.17, 15) is 10.1 Å². The highest BCUT2D eigenvalue weighted by Crippen LogP contribution is 2.49. The van der Waals surface area contributed by atoms with Crippen molar-refractivity contribution in [1.29, 1.82) is 10.7 Å². The molecule has 144 valence electrons. The molecule has 0 spiro atoms. The Bertz CT molecular complexity index is 1080. The fourth-order valence-electron chi connectivity index (χ4n) is 4.06. The summed E-state index contributed by atoms with van der Waals surface area (Å²) in [5.74, 6) is -0.629. The van der Waals surface area contributed by atoms with E-state index in [4.69, 9.17) is 24.9 Å². The van der Waals surface area contributed by atoms with Crippen LogP contribution in [0.4, 0.5) is 0 Å². The minimum Gasteiger partial charge on any atom is -0.300 e. The lowest BCUT2D eigenvalue weighted by Crippen LogP contribution is -2.40. The predicted molar refractivity (Wildman–Crippen MR) is 117 cm³/mol. The molecule has 4 nitrogen and oxygen atoms in total. The summed E-state index contributed by atoms with van der Waals surface area (Å²) in [4.78, 5) is 15.6. The van der Waals surface area contributed by atoms with E-state index in [1.807, 2.05) is 37.3 Å². The zero-order valence-corrected chi connectivity index (χ0v) is 17.8. The zero-order valence-electron chi connectivity index (χ0n) is 16.2. The first-order valence-electron chi connectivity index (χ1n) is 9.34. The molecular formula is C22H19BClN3OS. The third-order valence-electron chi connectivity index (χ3n) is 6.08. The van der Waals surface area contributed by atoms with E-state index in [2.05, 4.69) is 6.07 Å². The lowest BCUT2D eigenvalue weighted by molar-refractivity contribution is -0.129. The number of likely N-dealkylation sites (N-methyl/N-ethyl adjacent to an activating group) is 1. The van der Waals surface area contributed by atoms with E-state index >= 15 is 0 Å². The highest BCUT2D eigenvalue weighted by atomic mass is 35.5. The molecule has 29 heavy (non-hydrogen) atoms. The van der Waals surface area contributed by atoms with E-state index in [-0.39, 0.29) is 17.2 Å². The van der Waals surface area contributed by atoms with E-state index < -0.39 is 11.3 Å². The number of halogens is 1. The van der Waals surface area contributed by atoms with Gasteiger partial charge in [0.1, 0.15) is 13.7 Å². The van der Waals surface area contributed by atoms with Crippen molar-refractivity contribution in [3.05, 3.63) is 63.5 Å². The summed E-state index contributed by atoms with van der Waals surface area (Å²) >= 11 is 7.85. The van der Waals surface area contributed by atoms with Crippen molar-refractivity contribution in [3.8, 4) is 6.07 Å². The van der Waals surface area contributed by atoms with E-state index in [0.717, 1.165) is 28.8 Å². The van der Waals surface area contributed by atoms with Gasteiger partial charge in [0.2, 0.25) is 5.91 Å². The zero-order chi connectivity index (χ0) is 21.0. The van der Waals surface area contributed by atoms with Crippen molar-refractivity contribution in [2.24, 2.45) is 0 Å². The quantitative estimate of drug-likeness (QED) is 0.769. The molecule has 2 radical (unpaired) electrons. The van der Waals surface area contributed by atoms with Crippen LogP contribution in [0.3, 0.4) is 0 Å². The van der Waals surface area contributed by atoms with Crippen LogP contribution in [-0.4, -0.2) is 31.5 Å². The SMILES string of the molecule is [B]c1cc(Cl)c(C2(C)C=CC(=N)N(C)C(=O)C2c2ccc(C3(C#N)CC3)cc2)s1. The van der Waals surface area contributed by atoms with Gasteiger partial charge >= 0.3 is 0 Å². The summed E-state index contributed by atoms with van der Waals surface area (Å²) in [6.07, 6.45) is 5.27. The summed E-state index contributed by atoms with van der Waals surface area (Å²) in [5, 5.41) is 18.2. The lowest BCUT2D eigenvalue weighted by atomic mass is 9.71. The topological polar surface area (TPSA) is 68.0 Å². The van der Waals surface area contributed by atoms with Gasteiger partial charge in [-0.2, -0.15) is 16.6 Å². The number of allylic oxidation sites excluding steroid dienone is 1. The molecule has 2 aromatic rings. The Morgan fingerprint density at radius 3 is 2.52 bits per heavy atom. The number of nitrogens with zero attached hydrogens (tertiary/aromatic N) is 2. The second kappa shape index (κ2) is 6.86. The van der Waals surface area contributed by atoms with Crippen molar-refractivity contribution in [2.75, 3.05) is 7.05 Å². The average molecular weight is 420 g/mol. The molecule has 1 aromatic heterocycles. The standard InChI is InChI=1S/C22H19BClN3OS/c1-21(19-15(24)11-16(23)29-19)8-7-17(26)27(2)20(28)18(21)13-3-5-14(6-4-13)22(12-25)9-10-22/h3-8,11,18,26H,9-10H2,1-2H3. The number of amidine groups is 1. The Kier molecular flexibility index (Phi) is 4.72. The molecule has 1 aliphatic heterocycles. The first-order chi connectivity index (χ1) is 13.7. The molecule has 0 saturated heterocycles. The molecule has 4 rings (SSSR count). The molecular weight excluding hydrogens is 401 g/mol. The minimum absolute atomic E-state index is 0.127. The fraction of sp³-hybridized carbons (Fsp3) is 0.318. The van der Waals surface area contributed by atoms with Gasteiger partial charge in [-0.15, -0.1) is 0 Å². The third-order valence-corrected chi connectivity index (χ3v) is 7.71. The summed E-state index contributed by atoms with van der Waals surface area (Å²) in [6.45, 7) is 1.96. The van der Waals surface area contributed by atoms with Crippen molar-refractivity contribution in [3.63, 3.8) is 0 Å². The maximum atomic E-state index is 13.4. The molecule has 2 unspecified atom stereocenters. The highest BCUT2D eigenvalue weighted by Gasteiger charge is 2.47. The lowest BCUT2D eigenvalue weighted by Gasteiger charge is -2.34. The van der Waals surface area contributed by atoms with Crippen LogP contribution < -0.4 is 4.78 Å². The van der Waals surface area contributed by atoms with Crippen LogP contribution in [0.25, 0.3) is 0 Å². The van der Waals surface area contributed by atoms with E-state index in [1.165, 1.54) is 16.2 Å². The van der Waals surface area contributed by atoms with Gasteiger partial charge in [0.05, 0.1) is 22.4 Å². The molecule has 1 aromatic carbocycles. The van der Waals surface area contributed by atoms with Crippen LogP contribution in [0, 0.1) is 16.7 Å². The molecule has 1 saturated carbocycles. The second-order valence-electron chi connectivity index (χ2n) is 7.97. The Morgan fingerprint density at radius 1 is 1.34 bits per heavy atom. The highest BCUT2D eigenvalue weighted by molar-refractivity contribution is 7.20. The Morgan fingerprint density at radius 2 is 2.00 bits per heavy atom. The molecule has 2 atom stereocenters. The molecule has 1 amide bonds. The minimum atomic E-state index is -0.762. The molecule has 1 N–H and O–H groups in total. The van der Waals surface area contributed by atoms with Gasteiger partial charge in [0, 0.05) is 17.3 Å². The van der Waals surface area contributed by atoms with Crippen LogP contribution in [0.15, 0.2) is 42.5 Å². The predicted octanol–water partition coefficient (Wildman–Crippen LogP) is 3.80. The van der Waals surface area contributed by atoms with Crippen LogP contribution >= 0.6 is 22.9 Å². The maximum absolute atomic E-state index is 13.4. The normalized spacial score (nSPS) is 25.6. The van der Waals surface area contributed by atoms with E-state index in [1.54, 1.807) is 19.2 Å². The number of carbonyl (C=O) groups excluding carboxylic acids is 1. The van der Waals surface area contributed by atoms with Crippen molar-refractivity contribution in [1.82, 2.24) is 4.90 Å². The van der Waals surface area contributed by atoms with Crippen LogP contribution in [0.1, 0.15) is 41.7 Å². The Balaban J connectivity index is 1.86. The number of benzene rings is 1. The number of carbonyl (C=O) groups is 1. The van der Waals surface area contributed by atoms with Crippen LogP contribution in [0.2, 0.25) is 5.02 Å². The van der Waals surface area contributed by atoms with Gasteiger partial charge in [-0.1, -0.05) is 48.9 Å². The largest absolute Gasteiger partial charge is 0.300 e. The average Bonchev–Trinajstić information content (AvgIpc) is 3.44. The molecule has 1 fully saturated rings. The van der Waals surface area contributed by atoms with Gasteiger partial charge in [0.25, 0.3) is 0 Å². The van der Waals surface area contributed by atoms with Gasteiger partial charge in [-0.3, -0.25) is 15.1 Å². The number of hydrogen-bond acceptors (Lipinski definition) is 4. The van der Waals surface area contributed by atoms with Crippen LogP contribution in [-0.2, 0) is 15.6 Å². The van der Waals surface area contributed by atoms with Gasteiger partial charge in [-0.25, -0.2) is 0 Å². The number of thiophene rings is 1. The number of hydrogen-bond donors (Lipinski definition) is 1. The smallest absolute Gasteiger partial charge is 0.236 e. The second-order valence-corrected chi connectivity index (χ2v) is 9.46. The first kappa shape index (κ1) is 19.9. The van der Waals surface area contributed by atoms with E-state index in [0.29, 0.717) is 9.80 Å². The summed E-state index contributed by atoms with van der Waals surface area (Å²) in [7, 11) is 7.60. The van der Waals surface area contributed by atoms with Crippen molar-refractivity contribution in [2.45, 2.75) is 36.5 Å². The molecule has 2 aliphatic rings. The number of nitriles is 1. The Labute approximate surface area is 180 Å². The number of amides is 1. The number of rotatable bonds is 3. The molecule has 7 heteroatoms. The van der Waals surface area contributed by atoms with Gasteiger partial charge < -0.3 is 0 Å². The molecule has 2 heterocycles. The van der Waals surface area contributed by atoms with Crippen molar-refractivity contribution < 1.29 is 4.79 Å². The summed E-state index contributed by atoms with van der Waals surface area (Å²) in [5.41, 5.74) is 0.673. The van der Waals surface area contributed by atoms with Crippen molar-refractivity contribution >= 4 is 47.3 Å². The molecule has 1 aliphatic carbocycles. The third kappa shape index (κ3) is 3.13. The summed E-state index contributed by atoms with van der Waals surface area (Å²) < 4.78 is 0.582. The molecule has 0 bridgehead atoms. The maximum Gasteiger partial charge on any atom is 0.236 e. The summed E-state index contributed by atoms with van der Waals surface area (Å²) in [6, 6.07) is 11.9. The number of nitrogens with one attached hydrogen (secondary N) is 1. The van der Waals surface area contributed by atoms with Crippen LogP contribution in [0.5, 0.6) is 0 Å². The van der Waals surface area contributed by atoms with Gasteiger partial charge in [0.15, 0.2) is 0 Å². The fourth-order valence-corrected chi connectivity index (χ4v) is 5.54. The Hall–Kier alpha value is -2.36. The monoisotopic (exact) mass is 419 g/mol.